The minimum absolute atomic E-state index is 0.593. The van der Waals surface area contributed by atoms with E-state index in [0.717, 1.165) is 17.5 Å². The molecule has 1 saturated heterocycles. The summed E-state index contributed by atoms with van der Waals surface area (Å²) in [6.45, 7) is 13.6. The lowest BCUT2D eigenvalue weighted by atomic mass is 9.87. The quantitative estimate of drug-likeness (QED) is 0.638. The van der Waals surface area contributed by atoms with Gasteiger partial charge in [-0.15, -0.1) is 0 Å². The van der Waals surface area contributed by atoms with Crippen LogP contribution in [0.2, 0.25) is 0 Å². The summed E-state index contributed by atoms with van der Waals surface area (Å²) >= 11 is 0. The summed E-state index contributed by atoms with van der Waals surface area (Å²) in [7, 11) is 0. The summed E-state index contributed by atoms with van der Waals surface area (Å²) < 4.78 is 0. The topological polar surface area (TPSA) is 3.24 Å². The van der Waals surface area contributed by atoms with Crippen molar-refractivity contribution in [2.45, 2.75) is 66.0 Å². The second-order valence-electron chi connectivity index (χ2n) is 7.72. The first kappa shape index (κ1) is 10.1. The van der Waals surface area contributed by atoms with Crippen LogP contribution in [0.5, 0.6) is 0 Å². The summed E-state index contributed by atoms with van der Waals surface area (Å²) in [5.74, 6) is 0. The molecule has 0 aromatic heterocycles. The molecule has 86 valence electrons. The van der Waals surface area contributed by atoms with Crippen molar-refractivity contribution in [3.05, 3.63) is 0 Å². The Kier molecular flexibility index (Phi) is 1.65. The van der Waals surface area contributed by atoms with Crippen LogP contribution >= 0.6 is 0 Å². The number of hydrogen-bond acceptors (Lipinski definition) is 1. The SMILES string of the molecule is CC(C)N1CC2(C)CC23CC(C)(C)CC13. The first-order valence-electron chi connectivity index (χ1n) is 6.56. The molecule has 1 aliphatic heterocycles. The number of likely N-dealkylation sites (tertiary alicyclic amines) is 1. The lowest BCUT2D eigenvalue weighted by Crippen LogP contribution is -2.39. The summed E-state index contributed by atoms with van der Waals surface area (Å²) in [5.41, 5.74) is 1.99. The van der Waals surface area contributed by atoms with Gasteiger partial charge in [0.1, 0.15) is 0 Å². The molecule has 1 nitrogen and oxygen atoms in total. The largest absolute Gasteiger partial charge is 0.297 e. The van der Waals surface area contributed by atoms with Gasteiger partial charge in [-0.05, 0) is 49.4 Å². The van der Waals surface area contributed by atoms with Crippen molar-refractivity contribution in [2.75, 3.05) is 6.54 Å². The maximum atomic E-state index is 2.79. The molecule has 3 unspecified atom stereocenters. The van der Waals surface area contributed by atoms with Crippen LogP contribution in [0.4, 0.5) is 0 Å². The van der Waals surface area contributed by atoms with Crippen LogP contribution in [-0.2, 0) is 0 Å². The molecule has 3 fully saturated rings. The maximum Gasteiger partial charge on any atom is 0.0166 e. The highest BCUT2D eigenvalue weighted by molar-refractivity contribution is 5.28. The molecule has 2 aliphatic carbocycles. The molecule has 3 aliphatic rings. The van der Waals surface area contributed by atoms with Crippen molar-refractivity contribution in [2.24, 2.45) is 16.2 Å². The minimum atomic E-state index is 0.593. The normalized spacial score (nSPS) is 52.0. The molecule has 1 heterocycles. The van der Waals surface area contributed by atoms with Gasteiger partial charge >= 0.3 is 0 Å². The van der Waals surface area contributed by atoms with Crippen molar-refractivity contribution < 1.29 is 0 Å². The smallest absolute Gasteiger partial charge is 0.0166 e. The van der Waals surface area contributed by atoms with E-state index in [2.05, 4.69) is 39.5 Å². The van der Waals surface area contributed by atoms with Crippen LogP contribution in [0.3, 0.4) is 0 Å². The molecule has 1 spiro atoms. The zero-order valence-electron chi connectivity index (χ0n) is 10.9. The molecule has 0 aromatic carbocycles. The minimum Gasteiger partial charge on any atom is -0.297 e. The molecule has 3 atom stereocenters. The van der Waals surface area contributed by atoms with Crippen LogP contribution in [0.25, 0.3) is 0 Å². The zero-order valence-corrected chi connectivity index (χ0v) is 10.9. The number of nitrogens with zero attached hydrogens (tertiary/aromatic N) is 1. The molecule has 15 heavy (non-hydrogen) atoms. The zero-order chi connectivity index (χ0) is 11.1. The standard InChI is InChI=1S/C14H25N/c1-10(2)15-9-13(5)8-14(13)7-12(3,4)6-11(14)15/h10-11H,6-9H2,1-5H3. The lowest BCUT2D eigenvalue weighted by molar-refractivity contribution is 0.150. The number of hydrogen-bond donors (Lipinski definition) is 0. The predicted molar refractivity (Wildman–Crippen MR) is 63.8 cm³/mol. The highest BCUT2D eigenvalue weighted by atomic mass is 15.3. The van der Waals surface area contributed by atoms with Gasteiger partial charge in [-0.3, -0.25) is 4.90 Å². The molecule has 0 aromatic rings. The van der Waals surface area contributed by atoms with Crippen molar-refractivity contribution >= 4 is 0 Å². The fourth-order valence-corrected chi connectivity index (χ4v) is 4.91. The van der Waals surface area contributed by atoms with Gasteiger partial charge in [0.2, 0.25) is 0 Å². The lowest BCUT2D eigenvalue weighted by Gasteiger charge is -2.32. The summed E-state index contributed by atoms with van der Waals surface area (Å²) in [6.07, 6.45) is 4.42. The van der Waals surface area contributed by atoms with Crippen LogP contribution in [0.15, 0.2) is 0 Å². The third-order valence-corrected chi connectivity index (χ3v) is 5.56. The Hall–Kier alpha value is -0.0400. The van der Waals surface area contributed by atoms with E-state index in [1.54, 1.807) is 0 Å². The summed E-state index contributed by atoms with van der Waals surface area (Å²) in [6, 6.07) is 1.64. The Morgan fingerprint density at radius 2 is 1.80 bits per heavy atom. The first-order valence-corrected chi connectivity index (χ1v) is 6.56. The Labute approximate surface area is 94.2 Å². The molecular formula is C14H25N. The van der Waals surface area contributed by atoms with Crippen molar-refractivity contribution in [1.29, 1.82) is 0 Å². The van der Waals surface area contributed by atoms with E-state index in [1.807, 2.05) is 0 Å². The predicted octanol–water partition coefficient (Wildman–Crippen LogP) is 3.30. The Balaban J connectivity index is 1.93. The van der Waals surface area contributed by atoms with Gasteiger partial charge in [-0.25, -0.2) is 0 Å². The van der Waals surface area contributed by atoms with Crippen LogP contribution in [0.1, 0.15) is 53.9 Å². The van der Waals surface area contributed by atoms with E-state index >= 15 is 0 Å². The van der Waals surface area contributed by atoms with E-state index in [9.17, 15) is 0 Å². The van der Waals surface area contributed by atoms with Crippen LogP contribution < -0.4 is 0 Å². The molecule has 2 saturated carbocycles. The highest BCUT2D eigenvalue weighted by Gasteiger charge is 2.77. The second kappa shape index (κ2) is 2.45. The Bertz CT molecular complexity index is 306. The van der Waals surface area contributed by atoms with E-state index in [1.165, 1.54) is 25.8 Å². The van der Waals surface area contributed by atoms with Gasteiger partial charge in [0, 0.05) is 18.6 Å². The molecule has 1 heteroatoms. The number of rotatable bonds is 1. The third kappa shape index (κ3) is 1.08. The van der Waals surface area contributed by atoms with E-state index in [-0.39, 0.29) is 0 Å². The highest BCUT2D eigenvalue weighted by Crippen LogP contribution is 2.79. The summed E-state index contributed by atoms with van der Waals surface area (Å²) in [4.78, 5) is 2.79. The fraction of sp³-hybridized carbons (Fsp3) is 1.00. The Morgan fingerprint density at radius 3 is 2.40 bits per heavy atom. The third-order valence-electron chi connectivity index (χ3n) is 5.56. The number of piperidine rings is 1. The maximum absolute atomic E-state index is 2.79. The second-order valence-corrected chi connectivity index (χ2v) is 7.72. The van der Waals surface area contributed by atoms with E-state index in [4.69, 9.17) is 0 Å². The molecule has 0 N–H and O–H groups in total. The van der Waals surface area contributed by atoms with Gasteiger partial charge in [-0.2, -0.15) is 0 Å². The monoisotopic (exact) mass is 207 g/mol. The molecule has 0 radical (unpaired) electrons. The molecular weight excluding hydrogens is 182 g/mol. The summed E-state index contributed by atoms with van der Waals surface area (Å²) in [5, 5.41) is 0. The van der Waals surface area contributed by atoms with E-state index in [0.29, 0.717) is 10.8 Å². The van der Waals surface area contributed by atoms with Gasteiger partial charge in [0.15, 0.2) is 0 Å². The van der Waals surface area contributed by atoms with E-state index < -0.39 is 0 Å². The molecule has 0 bridgehead atoms. The molecule has 3 rings (SSSR count). The van der Waals surface area contributed by atoms with Crippen molar-refractivity contribution in [1.82, 2.24) is 4.90 Å². The average Bonchev–Trinajstić information content (AvgIpc) is 2.38. The van der Waals surface area contributed by atoms with Crippen molar-refractivity contribution in [3.8, 4) is 0 Å². The average molecular weight is 207 g/mol. The molecule has 0 amide bonds. The van der Waals surface area contributed by atoms with Gasteiger partial charge in [-0.1, -0.05) is 20.8 Å². The van der Waals surface area contributed by atoms with Gasteiger partial charge < -0.3 is 0 Å². The fourth-order valence-electron chi connectivity index (χ4n) is 4.91. The Morgan fingerprint density at radius 1 is 1.13 bits per heavy atom. The van der Waals surface area contributed by atoms with Gasteiger partial charge in [0.05, 0.1) is 0 Å². The first-order chi connectivity index (χ1) is 6.80. The van der Waals surface area contributed by atoms with Gasteiger partial charge in [0.25, 0.3) is 0 Å². The van der Waals surface area contributed by atoms with Crippen molar-refractivity contribution in [3.63, 3.8) is 0 Å². The van der Waals surface area contributed by atoms with Crippen LogP contribution in [0, 0.1) is 16.2 Å². The van der Waals surface area contributed by atoms with Crippen LogP contribution in [-0.4, -0.2) is 23.5 Å².